The molecule has 1 fully saturated rings. The Hall–Kier alpha value is -1.06. The molecular formula is C16H26N2O. The summed E-state index contributed by atoms with van der Waals surface area (Å²) >= 11 is 0. The monoisotopic (exact) mass is 262 g/mol. The zero-order valence-corrected chi connectivity index (χ0v) is 12.0. The van der Waals surface area contributed by atoms with Crippen LogP contribution >= 0.6 is 0 Å². The van der Waals surface area contributed by atoms with Crippen LogP contribution in [-0.4, -0.2) is 31.6 Å². The van der Waals surface area contributed by atoms with Crippen molar-refractivity contribution in [2.24, 2.45) is 5.73 Å². The summed E-state index contributed by atoms with van der Waals surface area (Å²) in [7, 11) is 1.69. The minimum absolute atomic E-state index is 0.133. The lowest BCUT2D eigenvalue weighted by Gasteiger charge is -2.22. The first-order valence-corrected chi connectivity index (χ1v) is 7.41. The van der Waals surface area contributed by atoms with Crippen molar-refractivity contribution in [3.05, 3.63) is 29.8 Å². The van der Waals surface area contributed by atoms with Gasteiger partial charge in [0, 0.05) is 6.04 Å². The molecule has 3 heteroatoms. The fraction of sp³-hybridized carbons (Fsp3) is 0.625. The number of hydrogen-bond donors (Lipinski definition) is 1. The van der Waals surface area contributed by atoms with E-state index in [0.717, 1.165) is 18.7 Å². The van der Waals surface area contributed by atoms with Crippen molar-refractivity contribution in [2.75, 3.05) is 26.7 Å². The number of likely N-dealkylation sites (tertiary alicyclic amines) is 1. The first-order chi connectivity index (χ1) is 9.29. The molecule has 1 saturated heterocycles. The third-order valence-corrected chi connectivity index (χ3v) is 4.00. The Morgan fingerprint density at radius 2 is 1.74 bits per heavy atom. The molecule has 1 aromatic rings. The molecule has 3 nitrogen and oxygen atoms in total. The first kappa shape index (κ1) is 14.4. The molecule has 1 aromatic carbocycles. The van der Waals surface area contributed by atoms with Gasteiger partial charge in [-0.2, -0.15) is 0 Å². The molecule has 0 aliphatic carbocycles. The second kappa shape index (κ2) is 7.51. The molecule has 1 atom stereocenters. The van der Waals surface area contributed by atoms with Crippen LogP contribution in [0, 0.1) is 0 Å². The first-order valence-electron chi connectivity index (χ1n) is 7.41. The highest BCUT2D eigenvalue weighted by molar-refractivity contribution is 5.28. The molecule has 1 aliphatic rings. The maximum Gasteiger partial charge on any atom is 0.118 e. The van der Waals surface area contributed by atoms with Gasteiger partial charge in [0.2, 0.25) is 0 Å². The van der Waals surface area contributed by atoms with Crippen LogP contribution in [0.1, 0.15) is 43.7 Å². The number of benzene rings is 1. The summed E-state index contributed by atoms with van der Waals surface area (Å²) in [5.74, 6) is 0.892. The maximum absolute atomic E-state index is 6.28. The highest BCUT2D eigenvalue weighted by Crippen LogP contribution is 2.19. The number of hydrogen-bond acceptors (Lipinski definition) is 3. The van der Waals surface area contributed by atoms with Gasteiger partial charge >= 0.3 is 0 Å². The Kier molecular flexibility index (Phi) is 5.67. The summed E-state index contributed by atoms with van der Waals surface area (Å²) < 4.78 is 5.17. The smallest absolute Gasteiger partial charge is 0.118 e. The van der Waals surface area contributed by atoms with E-state index in [2.05, 4.69) is 17.0 Å². The summed E-state index contributed by atoms with van der Waals surface area (Å²) in [6.45, 7) is 3.61. The quantitative estimate of drug-likeness (QED) is 0.886. The number of nitrogens with zero attached hydrogens (tertiary/aromatic N) is 1. The third-order valence-electron chi connectivity index (χ3n) is 4.00. The Labute approximate surface area is 116 Å². The van der Waals surface area contributed by atoms with Gasteiger partial charge in [-0.15, -0.1) is 0 Å². The second-order valence-corrected chi connectivity index (χ2v) is 5.42. The molecule has 106 valence electrons. The molecule has 1 heterocycles. The van der Waals surface area contributed by atoms with Crippen molar-refractivity contribution in [1.29, 1.82) is 0 Å². The van der Waals surface area contributed by atoms with Gasteiger partial charge in [0.1, 0.15) is 5.75 Å². The second-order valence-electron chi connectivity index (χ2n) is 5.42. The van der Waals surface area contributed by atoms with Crippen LogP contribution < -0.4 is 10.5 Å². The molecule has 2 rings (SSSR count). The van der Waals surface area contributed by atoms with Crippen LogP contribution in [0.3, 0.4) is 0 Å². The van der Waals surface area contributed by atoms with Crippen molar-refractivity contribution in [2.45, 2.75) is 38.1 Å². The Morgan fingerprint density at radius 1 is 1.11 bits per heavy atom. The van der Waals surface area contributed by atoms with E-state index in [1.165, 1.54) is 44.3 Å². The lowest BCUT2D eigenvalue weighted by Crippen LogP contribution is -2.28. The standard InChI is InChI=1S/C16H26N2O/c1-19-15-8-6-14(7-9-15)16(17)10-13-18-11-4-2-3-5-12-18/h6-9,16H,2-5,10-13,17H2,1H3. The summed E-state index contributed by atoms with van der Waals surface area (Å²) in [6.07, 6.45) is 6.50. The van der Waals surface area contributed by atoms with Crippen molar-refractivity contribution in [3.63, 3.8) is 0 Å². The lowest BCUT2D eigenvalue weighted by molar-refractivity contribution is 0.273. The molecule has 1 aliphatic heterocycles. The Morgan fingerprint density at radius 3 is 2.32 bits per heavy atom. The van der Waals surface area contributed by atoms with Gasteiger partial charge in [-0.25, -0.2) is 0 Å². The summed E-state index contributed by atoms with van der Waals surface area (Å²) in [5.41, 5.74) is 7.48. The third kappa shape index (κ3) is 4.51. The summed E-state index contributed by atoms with van der Waals surface area (Å²) in [6, 6.07) is 8.26. The van der Waals surface area contributed by atoms with Crippen LogP contribution in [0.2, 0.25) is 0 Å². The predicted molar refractivity (Wildman–Crippen MR) is 79.4 cm³/mol. The SMILES string of the molecule is COc1ccc(C(N)CCN2CCCCCC2)cc1. The predicted octanol–water partition coefficient (Wildman–Crippen LogP) is 2.96. The highest BCUT2D eigenvalue weighted by atomic mass is 16.5. The van der Waals surface area contributed by atoms with Gasteiger partial charge < -0.3 is 15.4 Å². The van der Waals surface area contributed by atoms with E-state index in [4.69, 9.17) is 10.5 Å². The van der Waals surface area contributed by atoms with E-state index in [-0.39, 0.29) is 6.04 Å². The summed E-state index contributed by atoms with van der Waals surface area (Å²) in [4.78, 5) is 2.57. The van der Waals surface area contributed by atoms with E-state index < -0.39 is 0 Å². The fourth-order valence-corrected chi connectivity index (χ4v) is 2.70. The van der Waals surface area contributed by atoms with Crippen molar-refractivity contribution >= 4 is 0 Å². The molecule has 0 spiro atoms. The average molecular weight is 262 g/mol. The maximum atomic E-state index is 6.28. The van der Waals surface area contributed by atoms with E-state index in [1.807, 2.05) is 12.1 Å². The van der Waals surface area contributed by atoms with Gasteiger partial charge in [-0.05, 0) is 56.6 Å². The van der Waals surface area contributed by atoms with Crippen LogP contribution in [-0.2, 0) is 0 Å². The molecule has 19 heavy (non-hydrogen) atoms. The minimum Gasteiger partial charge on any atom is -0.497 e. The average Bonchev–Trinajstić information content (AvgIpc) is 2.73. The van der Waals surface area contributed by atoms with E-state index in [0.29, 0.717) is 0 Å². The van der Waals surface area contributed by atoms with Crippen LogP contribution in [0.4, 0.5) is 0 Å². The largest absolute Gasteiger partial charge is 0.497 e. The highest BCUT2D eigenvalue weighted by Gasteiger charge is 2.12. The summed E-state index contributed by atoms with van der Waals surface area (Å²) in [5, 5.41) is 0. The Bertz CT molecular complexity index is 356. The number of ether oxygens (including phenoxy) is 1. The van der Waals surface area contributed by atoms with Gasteiger partial charge in [0.25, 0.3) is 0 Å². The molecule has 0 saturated carbocycles. The molecular weight excluding hydrogens is 236 g/mol. The van der Waals surface area contributed by atoms with Gasteiger partial charge in [0.05, 0.1) is 7.11 Å². The number of rotatable bonds is 5. The molecule has 0 radical (unpaired) electrons. The van der Waals surface area contributed by atoms with Crippen LogP contribution in [0.25, 0.3) is 0 Å². The lowest BCUT2D eigenvalue weighted by atomic mass is 10.0. The van der Waals surface area contributed by atoms with Gasteiger partial charge in [0.15, 0.2) is 0 Å². The van der Waals surface area contributed by atoms with Crippen molar-refractivity contribution < 1.29 is 4.74 Å². The topological polar surface area (TPSA) is 38.5 Å². The molecule has 1 unspecified atom stereocenters. The molecule has 2 N–H and O–H groups in total. The van der Waals surface area contributed by atoms with Crippen LogP contribution in [0.5, 0.6) is 5.75 Å². The molecule has 0 amide bonds. The van der Waals surface area contributed by atoms with Gasteiger partial charge in [-0.3, -0.25) is 0 Å². The zero-order valence-electron chi connectivity index (χ0n) is 12.0. The molecule has 0 aromatic heterocycles. The normalized spacial score (nSPS) is 18.8. The number of nitrogens with two attached hydrogens (primary N) is 1. The van der Waals surface area contributed by atoms with Crippen molar-refractivity contribution in [3.8, 4) is 5.75 Å². The molecule has 0 bridgehead atoms. The zero-order chi connectivity index (χ0) is 13.5. The van der Waals surface area contributed by atoms with E-state index in [1.54, 1.807) is 7.11 Å². The van der Waals surface area contributed by atoms with Crippen molar-refractivity contribution in [1.82, 2.24) is 4.90 Å². The van der Waals surface area contributed by atoms with E-state index in [9.17, 15) is 0 Å². The number of methoxy groups -OCH3 is 1. The van der Waals surface area contributed by atoms with E-state index >= 15 is 0 Å². The van der Waals surface area contributed by atoms with Crippen LogP contribution in [0.15, 0.2) is 24.3 Å². The minimum atomic E-state index is 0.133. The fourth-order valence-electron chi connectivity index (χ4n) is 2.70. The van der Waals surface area contributed by atoms with Gasteiger partial charge in [-0.1, -0.05) is 25.0 Å². The Balaban J connectivity index is 1.80.